The van der Waals surface area contributed by atoms with Gasteiger partial charge in [-0.2, -0.15) is 0 Å². The molecule has 2 heteroatoms. The van der Waals surface area contributed by atoms with Crippen LogP contribution in [0.2, 0.25) is 33.2 Å². The Bertz CT molecular complexity index is 168. The molecule has 0 heterocycles. The molecule has 0 saturated heterocycles. The van der Waals surface area contributed by atoms with E-state index in [1.165, 1.54) is 0 Å². The summed E-state index contributed by atoms with van der Waals surface area (Å²) in [4.78, 5) is 4.82. The van der Waals surface area contributed by atoms with E-state index in [2.05, 4.69) is 47.8 Å². The molecule has 1 atom stereocenters. The maximum atomic E-state index is 3.44. The minimum absolute atomic E-state index is 0.740. The summed E-state index contributed by atoms with van der Waals surface area (Å²) in [6.45, 7) is 9.20. The van der Waals surface area contributed by atoms with Crippen LogP contribution >= 0.6 is 0 Å². The first-order valence-corrected chi connectivity index (χ1v) is 14.1. The van der Waals surface area contributed by atoms with Crippen molar-refractivity contribution in [3.8, 4) is 11.5 Å². The van der Waals surface area contributed by atoms with Gasteiger partial charge in [-0.15, -0.1) is 0 Å². The molecule has 0 aliphatic rings. The fraction of sp³-hybridized carbons (Fsp3) is 0.778. The zero-order valence-electron chi connectivity index (χ0n) is 8.52. The monoisotopic (exact) mass is 276 g/mol. The third-order valence-corrected chi connectivity index (χ3v) is 7.12. The van der Waals surface area contributed by atoms with Crippen molar-refractivity contribution in [2.75, 3.05) is 0 Å². The molecule has 11 heavy (non-hydrogen) atoms. The van der Waals surface area contributed by atoms with Crippen molar-refractivity contribution in [2.45, 2.75) is 40.2 Å². The van der Waals surface area contributed by atoms with Crippen molar-refractivity contribution in [1.29, 1.82) is 0 Å². The van der Waals surface area contributed by atoms with E-state index in [-0.39, 0.29) is 0 Å². The van der Waals surface area contributed by atoms with E-state index < -0.39 is 28.3 Å². The Morgan fingerprint density at radius 3 is 1.91 bits per heavy atom. The quantitative estimate of drug-likeness (QED) is 0.510. The normalized spacial score (nSPS) is 14.1. The summed E-state index contributed by atoms with van der Waals surface area (Å²) < 4.78 is 0.740. The second-order valence-corrected chi connectivity index (χ2v) is 16.6. The van der Waals surface area contributed by atoms with Crippen molar-refractivity contribution < 1.29 is 0 Å². The van der Waals surface area contributed by atoms with E-state index >= 15 is 0 Å². The molecule has 0 rings (SSSR count). The van der Waals surface area contributed by atoms with Crippen LogP contribution in [0.25, 0.3) is 0 Å². The van der Waals surface area contributed by atoms with Gasteiger partial charge in [-0.3, -0.25) is 0 Å². The molecule has 0 N–H and O–H groups in total. The summed E-state index contributed by atoms with van der Waals surface area (Å²) >= 11 is -0.889. The van der Waals surface area contributed by atoms with Crippen LogP contribution in [-0.2, 0) is 0 Å². The Balaban J connectivity index is 4.08. The van der Waals surface area contributed by atoms with Crippen molar-refractivity contribution >= 4 is 28.3 Å². The van der Waals surface area contributed by atoms with Gasteiger partial charge in [0.05, 0.1) is 0 Å². The molecule has 0 nitrogen and oxygen atoms in total. The summed E-state index contributed by atoms with van der Waals surface area (Å²) in [6, 6.07) is 0. The molecule has 0 spiro atoms. The van der Waals surface area contributed by atoms with Gasteiger partial charge in [0, 0.05) is 0 Å². The summed E-state index contributed by atoms with van der Waals surface area (Å²) in [7, 11) is -1.10. The van der Waals surface area contributed by atoms with E-state index in [1.54, 1.807) is 0 Å². The van der Waals surface area contributed by atoms with Gasteiger partial charge in [-0.1, -0.05) is 0 Å². The molecule has 0 amide bonds. The maximum absolute atomic E-state index is 3.44. The fourth-order valence-corrected chi connectivity index (χ4v) is 2.38. The first kappa shape index (κ1) is 11.6. The molecule has 64 valence electrons. The average Bonchev–Trinajstić information content (AvgIpc) is 1.80. The Hall–Kier alpha value is 0.595. The van der Waals surface area contributed by atoms with Crippen LogP contribution in [0.15, 0.2) is 0 Å². The molecule has 0 aliphatic heterocycles. The molecule has 0 saturated carbocycles. The van der Waals surface area contributed by atoms with E-state index in [0.29, 0.717) is 0 Å². The molecule has 1 unspecified atom stereocenters. The standard InChI is InChI=1S/C7H13Si.2CH3.Sb/c1-5-6-7-8(2,3)4;;;/h5H,1-4H3;2*1H3;. The van der Waals surface area contributed by atoms with E-state index in [9.17, 15) is 0 Å². The van der Waals surface area contributed by atoms with Crippen LogP contribution in [0.5, 0.6) is 0 Å². The van der Waals surface area contributed by atoms with Gasteiger partial charge >= 0.3 is 79.9 Å². The predicted octanol–water partition coefficient (Wildman–Crippen LogP) is 3.01. The van der Waals surface area contributed by atoms with E-state index in [4.69, 9.17) is 0 Å². The fourth-order valence-electron chi connectivity index (χ4n) is 0.450. The van der Waals surface area contributed by atoms with Crippen LogP contribution in [0.4, 0.5) is 0 Å². The zero-order valence-corrected chi connectivity index (χ0v) is 12.1. The summed E-state index contributed by atoms with van der Waals surface area (Å²) in [5.41, 5.74) is 3.44. The molecule has 0 aliphatic carbocycles. The second kappa shape index (κ2) is 4.58. The first-order chi connectivity index (χ1) is 4.83. The van der Waals surface area contributed by atoms with Crippen LogP contribution < -0.4 is 0 Å². The molecular formula is C9H19SbSi. The molecule has 0 bridgehead atoms. The van der Waals surface area contributed by atoms with Gasteiger partial charge in [0.2, 0.25) is 0 Å². The summed E-state index contributed by atoms with van der Waals surface area (Å²) in [6.07, 6.45) is 0. The minimum atomic E-state index is -1.10. The van der Waals surface area contributed by atoms with Gasteiger partial charge in [0.1, 0.15) is 0 Å². The molecular weight excluding hydrogens is 258 g/mol. The summed E-state index contributed by atoms with van der Waals surface area (Å²) in [5, 5.41) is 0. The van der Waals surface area contributed by atoms with Crippen LogP contribution in [-0.4, -0.2) is 28.3 Å². The Morgan fingerprint density at radius 1 is 1.18 bits per heavy atom. The van der Waals surface area contributed by atoms with Gasteiger partial charge in [0.25, 0.3) is 0 Å². The predicted molar refractivity (Wildman–Crippen MR) is 58.0 cm³/mol. The molecule has 0 aromatic rings. The van der Waals surface area contributed by atoms with Crippen LogP contribution in [0.1, 0.15) is 6.92 Å². The number of rotatable bonds is 1. The first-order valence-electron chi connectivity index (χ1n) is 4.02. The SMILES string of the molecule is C[CH](C#C[Si](C)(C)C)[Sb]([CH3])[CH3]. The average molecular weight is 277 g/mol. The van der Waals surface area contributed by atoms with Gasteiger partial charge in [-0.05, 0) is 0 Å². The third kappa shape index (κ3) is 6.97. The van der Waals surface area contributed by atoms with Crippen molar-refractivity contribution in [1.82, 2.24) is 0 Å². The number of hydrogen-bond acceptors (Lipinski definition) is 0. The topological polar surface area (TPSA) is 0 Å². The Labute approximate surface area is 79.7 Å². The van der Waals surface area contributed by atoms with E-state index in [1.807, 2.05) is 0 Å². The van der Waals surface area contributed by atoms with Crippen molar-refractivity contribution in [3.05, 3.63) is 0 Å². The van der Waals surface area contributed by atoms with Crippen molar-refractivity contribution in [2.24, 2.45) is 0 Å². The van der Waals surface area contributed by atoms with E-state index in [0.717, 1.165) is 3.86 Å². The van der Waals surface area contributed by atoms with Crippen LogP contribution in [0.3, 0.4) is 0 Å². The molecule has 0 fully saturated rings. The van der Waals surface area contributed by atoms with Crippen LogP contribution in [0, 0.1) is 11.5 Å². The second-order valence-electron chi connectivity index (χ2n) is 4.16. The Morgan fingerprint density at radius 2 is 1.64 bits per heavy atom. The van der Waals surface area contributed by atoms with Gasteiger partial charge in [-0.25, -0.2) is 0 Å². The Kier molecular flexibility index (Phi) is 4.83. The molecule has 0 aromatic heterocycles. The third-order valence-electron chi connectivity index (χ3n) is 1.43. The zero-order chi connectivity index (χ0) is 9.07. The number of hydrogen-bond donors (Lipinski definition) is 0. The molecule has 0 radical (unpaired) electrons. The summed E-state index contributed by atoms with van der Waals surface area (Å²) in [5.74, 6) is 3.42. The van der Waals surface area contributed by atoms with Crippen molar-refractivity contribution in [3.63, 3.8) is 0 Å². The van der Waals surface area contributed by atoms with Gasteiger partial charge < -0.3 is 0 Å². The van der Waals surface area contributed by atoms with Gasteiger partial charge in [0.15, 0.2) is 0 Å². The molecule has 0 aromatic carbocycles.